The Hall–Kier alpha value is 0.580. The van der Waals surface area contributed by atoms with Gasteiger partial charge in [-0.1, -0.05) is 11.1 Å². The van der Waals surface area contributed by atoms with Gasteiger partial charge in [0.25, 0.3) is 0 Å². The first-order valence-electron chi connectivity index (χ1n) is 3.32. The van der Waals surface area contributed by atoms with E-state index >= 15 is 0 Å². The summed E-state index contributed by atoms with van der Waals surface area (Å²) in [5.41, 5.74) is 0. The maximum Gasteiger partial charge on any atom is 1.00 e. The summed E-state index contributed by atoms with van der Waals surface area (Å²) in [6.07, 6.45) is 1.21. The van der Waals surface area contributed by atoms with E-state index in [2.05, 4.69) is 4.74 Å². The van der Waals surface area contributed by atoms with E-state index in [9.17, 15) is 13.6 Å². The Bertz CT molecular complexity index is 196. The minimum atomic E-state index is -2.13. The van der Waals surface area contributed by atoms with Gasteiger partial charge >= 0.3 is 35.5 Å². The third-order valence-electron chi connectivity index (χ3n) is 1.96. The SMILES string of the molecule is COC(=O)[C@H]1CC[C@H]1S(=O)[O-].[Na+]. The molecule has 0 radical (unpaired) electrons. The molecule has 0 saturated heterocycles. The van der Waals surface area contributed by atoms with Crippen LogP contribution in [0.3, 0.4) is 0 Å². The number of esters is 1. The van der Waals surface area contributed by atoms with Crippen LogP contribution in [0.2, 0.25) is 0 Å². The van der Waals surface area contributed by atoms with Crippen molar-refractivity contribution in [2.24, 2.45) is 5.92 Å². The van der Waals surface area contributed by atoms with Crippen LogP contribution in [0, 0.1) is 5.92 Å². The number of methoxy groups -OCH3 is 1. The van der Waals surface area contributed by atoms with Crippen LogP contribution < -0.4 is 29.6 Å². The molecule has 1 rings (SSSR count). The second-order valence-electron chi connectivity index (χ2n) is 2.51. The fraction of sp³-hybridized carbons (Fsp3) is 0.833. The Morgan fingerprint density at radius 3 is 2.42 bits per heavy atom. The Labute approximate surface area is 95.6 Å². The van der Waals surface area contributed by atoms with E-state index in [0.717, 1.165) is 0 Å². The summed E-state index contributed by atoms with van der Waals surface area (Å²) in [6.45, 7) is 0. The molecule has 4 nitrogen and oxygen atoms in total. The molecule has 0 amide bonds. The standard InChI is InChI=1S/C6H10O4S.Na/c1-10-6(7)4-2-3-5(4)11(8)9;/h4-5H,2-3H2,1H3,(H,8,9);/q;+1/p-1/t4-,5+;/m0./s1. The molecule has 0 aromatic heterocycles. The van der Waals surface area contributed by atoms with Crippen LogP contribution in [0.1, 0.15) is 12.8 Å². The van der Waals surface area contributed by atoms with Crippen molar-refractivity contribution in [2.45, 2.75) is 18.1 Å². The Balaban J connectivity index is 0.00000121. The van der Waals surface area contributed by atoms with Gasteiger partial charge in [0.1, 0.15) is 0 Å². The van der Waals surface area contributed by atoms with Crippen LogP contribution in [-0.4, -0.2) is 27.1 Å². The number of ether oxygens (including phenoxy) is 1. The van der Waals surface area contributed by atoms with E-state index in [1.165, 1.54) is 7.11 Å². The van der Waals surface area contributed by atoms with Crippen molar-refractivity contribution < 1.29 is 47.9 Å². The first kappa shape index (κ1) is 12.6. The molecule has 0 aliphatic heterocycles. The third-order valence-corrected chi connectivity index (χ3v) is 3.02. The maximum absolute atomic E-state index is 10.8. The summed E-state index contributed by atoms with van der Waals surface area (Å²) in [7, 11) is 1.27. The molecule has 0 N–H and O–H groups in total. The zero-order valence-electron chi connectivity index (χ0n) is 7.11. The Morgan fingerprint density at radius 2 is 2.17 bits per heavy atom. The third kappa shape index (κ3) is 2.53. The van der Waals surface area contributed by atoms with Gasteiger partial charge in [-0.2, -0.15) is 0 Å². The van der Waals surface area contributed by atoms with Gasteiger partial charge in [-0.15, -0.1) is 0 Å². The minimum absolute atomic E-state index is 0. The van der Waals surface area contributed by atoms with E-state index in [-0.39, 0.29) is 29.6 Å². The minimum Gasteiger partial charge on any atom is -0.772 e. The summed E-state index contributed by atoms with van der Waals surface area (Å²) >= 11 is -2.13. The largest absolute Gasteiger partial charge is 1.00 e. The van der Waals surface area contributed by atoms with Crippen LogP contribution in [0.5, 0.6) is 0 Å². The van der Waals surface area contributed by atoms with Crippen molar-refractivity contribution in [2.75, 3.05) is 7.11 Å². The van der Waals surface area contributed by atoms with Crippen LogP contribution in [-0.2, 0) is 20.6 Å². The molecule has 3 atom stereocenters. The van der Waals surface area contributed by atoms with Crippen LogP contribution in [0.4, 0.5) is 0 Å². The van der Waals surface area contributed by atoms with E-state index in [1.807, 2.05) is 0 Å². The van der Waals surface area contributed by atoms with E-state index in [0.29, 0.717) is 12.8 Å². The molecule has 12 heavy (non-hydrogen) atoms. The zero-order valence-corrected chi connectivity index (χ0v) is 9.93. The molecule has 1 fully saturated rings. The molecule has 1 unspecified atom stereocenters. The van der Waals surface area contributed by atoms with Crippen molar-refractivity contribution in [3.05, 3.63) is 0 Å². The molecule has 0 bridgehead atoms. The van der Waals surface area contributed by atoms with E-state index < -0.39 is 28.2 Å². The smallest absolute Gasteiger partial charge is 0.772 e. The Kier molecular flexibility index (Phi) is 5.60. The van der Waals surface area contributed by atoms with Gasteiger partial charge in [0, 0.05) is 5.25 Å². The van der Waals surface area contributed by atoms with Gasteiger partial charge in [-0.05, 0) is 12.8 Å². The normalized spacial score (nSPS) is 29.5. The summed E-state index contributed by atoms with van der Waals surface area (Å²) in [5.74, 6) is -0.830. The van der Waals surface area contributed by atoms with Crippen LogP contribution in [0.15, 0.2) is 0 Å². The first-order valence-corrected chi connectivity index (χ1v) is 4.46. The van der Waals surface area contributed by atoms with Gasteiger partial charge in [-0.25, -0.2) is 0 Å². The fourth-order valence-corrected chi connectivity index (χ4v) is 1.96. The first-order chi connectivity index (χ1) is 5.16. The van der Waals surface area contributed by atoms with Crippen molar-refractivity contribution in [1.82, 2.24) is 0 Å². The summed E-state index contributed by atoms with van der Waals surface area (Å²) < 4.78 is 25.2. The molecule has 1 saturated carbocycles. The van der Waals surface area contributed by atoms with Crippen LogP contribution >= 0.6 is 0 Å². The molecule has 0 aromatic rings. The van der Waals surface area contributed by atoms with Gasteiger partial charge in [0.15, 0.2) is 0 Å². The predicted octanol–water partition coefficient (Wildman–Crippen LogP) is -3.18. The van der Waals surface area contributed by atoms with Gasteiger partial charge < -0.3 is 9.29 Å². The van der Waals surface area contributed by atoms with Crippen molar-refractivity contribution in [3.63, 3.8) is 0 Å². The van der Waals surface area contributed by atoms with Crippen molar-refractivity contribution in [1.29, 1.82) is 0 Å². The monoisotopic (exact) mass is 200 g/mol. The van der Waals surface area contributed by atoms with E-state index in [1.54, 1.807) is 0 Å². The molecule has 1 aliphatic carbocycles. The molecular weight excluding hydrogens is 191 g/mol. The quantitative estimate of drug-likeness (QED) is 0.268. The summed E-state index contributed by atoms with van der Waals surface area (Å²) in [4.78, 5) is 10.8. The molecular formula is C6H9NaO4S. The predicted molar refractivity (Wildman–Crippen MR) is 37.4 cm³/mol. The summed E-state index contributed by atoms with van der Waals surface area (Å²) in [5, 5.41) is -0.512. The number of hydrogen-bond acceptors (Lipinski definition) is 4. The number of carbonyl (C=O) groups excluding carboxylic acids is 1. The number of carbonyl (C=O) groups is 1. The second-order valence-corrected chi connectivity index (χ2v) is 3.63. The molecule has 0 aromatic carbocycles. The topological polar surface area (TPSA) is 66.4 Å². The number of rotatable bonds is 2. The molecule has 6 heteroatoms. The molecule has 0 spiro atoms. The van der Waals surface area contributed by atoms with Crippen molar-refractivity contribution in [3.8, 4) is 0 Å². The summed E-state index contributed by atoms with van der Waals surface area (Å²) in [6, 6.07) is 0. The molecule has 64 valence electrons. The average molecular weight is 200 g/mol. The Morgan fingerprint density at radius 1 is 1.58 bits per heavy atom. The zero-order chi connectivity index (χ0) is 8.43. The number of hydrogen-bond donors (Lipinski definition) is 0. The van der Waals surface area contributed by atoms with Gasteiger partial charge in [-0.3, -0.25) is 9.00 Å². The molecule has 0 heterocycles. The van der Waals surface area contributed by atoms with Crippen molar-refractivity contribution >= 4 is 17.0 Å². The second kappa shape index (κ2) is 5.34. The van der Waals surface area contributed by atoms with Gasteiger partial charge in [0.2, 0.25) is 0 Å². The van der Waals surface area contributed by atoms with Gasteiger partial charge in [0.05, 0.1) is 13.0 Å². The van der Waals surface area contributed by atoms with Crippen LogP contribution in [0.25, 0.3) is 0 Å². The average Bonchev–Trinajstić information content (AvgIpc) is 1.83. The maximum atomic E-state index is 10.8. The van der Waals surface area contributed by atoms with E-state index in [4.69, 9.17) is 0 Å². The fourth-order valence-electron chi connectivity index (χ4n) is 1.12. The molecule has 1 aliphatic rings.